The van der Waals surface area contributed by atoms with Crippen molar-refractivity contribution in [2.45, 2.75) is 31.9 Å². The number of rotatable bonds is 7. The quantitative estimate of drug-likeness (QED) is 0.156. The highest BCUT2D eigenvalue weighted by atomic mass is 16.4. The Morgan fingerprint density at radius 1 is 1.57 bits per heavy atom. The molecule has 2 atom stereocenters. The summed E-state index contributed by atoms with van der Waals surface area (Å²) < 4.78 is 0. The summed E-state index contributed by atoms with van der Waals surface area (Å²) in [5.74, 6) is 0.155. The largest absolute Gasteiger partial charge is 0.409 e. The summed E-state index contributed by atoms with van der Waals surface area (Å²) in [7, 11) is 0. The Morgan fingerprint density at radius 2 is 2.21 bits per heavy atom. The van der Waals surface area contributed by atoms with Crippen LogP contribution in [0.15, 0.2) is 5.16 Å². The minimum absolute atomic E-state index is 0.0482. The van der Waals surface area contributed by atoms with Crippen molar-refractivity contribution in [3.63, 3.8) is 0 Å². The summed E-state index contributed by atoms with van der Waals surface area (Å²) in [6.45, 7) is 1.98. The standard InChI is InChI=1S/C8H19N3O3/c1-2-6(3-8(9)11-14)10-4-7(13)5-12/h6-7,10,12-14H,2-5H2,1H3,(H2,9,11). The van der Waals surface area contributed by atoms with E-state index in [1.165, 1.54) is 0 Å². The Hall–Kier alpha value is -0.850. The van der Waals surface area contributed by atoms with E-state index in [1.54, 1.807) is 0 Å². The molecule has 6 N–H and O–H groups in total. The van der Waals surface area contributed by atoms with Crippen molar-refractivity contribution in [3.05, 3.63) is 0 Å². The highest BCUT2D eigenvalue weighted by Crippen LogP contribution is 1.97. The van der Waals surface area contributed by atoms with E-state index in [1.807, 2.05) is 6.92 Å². The third-order valence-electron chi connectivity index (χ3n) is 1.93. The molecule has 6 heteroatoms. The first kappa shape index (κ1) is 13.2. The topological polar surface area (TPSA) is 111 Å². The molecule has 0 aromatic carbocycles. The monoisotopic (exact) mass is 205 g/mol. The van der Waals surface area contributed by atoms with E-state index in [4.69, 9.17) is 21.2 Å². The van der Waals surface area contributed by atoms with E-state index in [-0.39, 0.29) is 18.5 Å². The van der Waals surface area contributed by atoms with E-state index in [0.717, 1.165) is 6.42 Å². The number of nitrogens with zero attached hydrogens (tertiary/aromatic N) is 1. The zero-order valence-corrected chi connectivity index (χ0v) is 8.35. The fourth-order valence-electron chi connectivity index (χ4n) is 1.02. The third-order valence-corrected chi connectivity index (χ3v) is 1.93. The number of aliphatic hydroxyl groups is 2. The summed E-state index contributed by atoms with van der Waals surface area (Å²) in [6, 6.07) is 0.0482. The van der Waals surface area contributed by atoms with Crippen LogP contribution in [0.5, 0.6) is 0 Å². The summed E-state index contributed by atoms with van der Waals surface area (Å²) in [6.07, 6.45) is 0.454. The molecule has 0 saturated heterocycles. The van der Waals surface area contributed by atoms with Crippen LogP contribution in [0.25, 0.3) is 0 Å². The molecule has 0 aliphatic rings. The Bertz CT molecular complexity index is 175. The van der Waals surface area contributed by atoms with Crippen molar-refractivity contribution in [2.24, 2.45) is 10.9 Å². The smallest absolute Gasteiger partial charge is 0.140 e. The molecular formula is C8H19N3O3. The molecule has 0 aromatic heterocycles. The molecule has 0 heterocycles. The van der Waals surface area contributed by atoms with Crippen LogP contribution in [0.2, 0.25) is 0 Å². The van der Waals surface area contributed by atoms with Crippen molar-refractivity contribution in [1.29, 1.82) is 0 Å². The zero-order chi connectivity index (χ0) is 11.0. The lowest BCUT2D eigenvalue weighted by molar-refractivity contribution is 0.0919. The van der Waals surface area contributed by atoms with Gasteiger partial charge in [-0.15, -0.1) is 0 Å². The SMILES string of the molecule is CCC(CC(N)=NO)NCC(O)CO. The van der Waals surface area contributed by atoms with Gasteiger partial charge in [-0.05, 0) is 6.42 Å². The van der Waals surface area contributed by atoms with Crippen LogP contribution in [0.4, 0.5) is 0 Å². The zero-order valence-electron chi connectivity index (χ0n) is 8.35. The maximum absolute atomic E-state index is 9.07. The fraction of sp³-hybridized carbons (Fsp3) is 0.875. The average molecular weight is 205 g/mol. The van der Waals surface area contributed by atoms with Gasteiger partial charge in [0.2, 0.25) is 0 Å². The maximum Gasteiger partial charge on any atom is 0.140 e. The molecule has 0 rings (SSSR count). The molecule has 0 radical (unpaired) electrons. The Morgan fingerprint density at radius 3 is 2.64 bits per heavy atom. The lowest BCUT2D eigenvalue weighted by atomic mass is 10.1. The van der Waals surface area contributed by atoms with E-state index >= 15 is 0 Å². The Balaban J connectivity index is 3.79. The second kappa shape index (κ2) is 7.54. The average Bonchev–Trinajstić information content (AvgIpc) is 2.22. The second-order valence-corrected chi connectivity index (χ2v) is 3.15. The van der Waals surface area contributed by atoms with Crippen LogP contribution in [-0.4, -0.2) is 46.6 Å². The predicted octanol–water partition coefficient (Wildman–Crippen LogP) is -1.16. The van der Waals surface area contributed by atoms with Crippen molar-refractivity contribution in [2.75, 3.05) is 13.2 Å². The van der Waals surface area contributed by atoms with Gasteiger partial charge in [0.15, 0.2) is 0 Å². The van der Waals surface area contributed by atoms with Gasteiger partial charge in [0, 0.05) is 19.0 Å². The molecule has 0 fully saturated rings. The van der Waals surface area contributed by atoms with Crippen LogP contribution < -0.4 is 11.1 Å². The van der Waals surface area contributed by atoms with Gasteiger partial charge in [-0.3, -0.25) is 0 Å². The first-order valence-corrected chi connectivity index (χ1v) is 4.62. The molecule has 0 bridgehead atoms. The lowest BCUT2D eigenvalue weighted by Crippen LogP contribution is -2.39. The van der Waals surface area contributed by atoms with E-state index < -0.39 is 6.10 Å². The van der Waals surface area contributed by atoms with Gasteiger partial charge in [0.1, 0.15) is 5.84 Å². The van der Waals surface area contributed by atoms with Gasteiger partial charge < -0.3 is 26.5 Å². The predicted molar refractivity (Wildman–Crippen MR) is 53.2 cm³/mol. The molecule has 14 heavy (non-hydrogen) atoms. The van der Waals surface area contributed by atoms with Crippen molar-refractivity contribution < 1.29 is 15.4 Å². The number of hydrogen-bond acceptors (Lipinski definition) is 5. The first-order valence-electron chi connectivity index (χ1n) is 4.62. The lowest BCUT2D eigenvalue weighted by Gasteiger charge is -2.17. The van der Waals surface area contributed by atoms with Crippen LogP contribution in [0.1, 0.15) is 19.8 Å². The Kier molecular flexibility index (Phi) is 7.09. The van der Waals surface area contributed by atoms with Crippen LogP contribution in [-0.2, 0) is 0 Å². The van der Waals surface area contributed by atoms with Gasteiger partial charge in [0.25, 0.3) is 0 Å². The van der Waals surface area contributed by atoms with E-state index in [2.05, 4.69) is 10.5 Å². The number of aliphatic hydroxyl groups excluding tert-OH is 2. The highest BCUT2D eigenvalue weighted by Gasteiger charge is 2.10. The van der Waals surface area contributed by atoms with E-state index in [0.29, 0.717) is 13.0 Å². The van der Waals surface area contributed by atoms with Gasteiger partial charge in [-0.25, -0.2) is 0 Å². The minimum Gasteiger partial charge on any atom is -0.409 e. The molecule has 84 valence electrons. The van der Waals surface area contributed by atoms with Crippen LogP contribution >= 0.6 is 0 Å². The molecule has 2 unspecified atom stereocenters. The van der Waals surface area contributed by atoms with Gasteiger partial charge in [0.05, 0.1) is 12.7 Å². The summed E-state index contributed by atoms with van der Waals surface area (Å²) in [5, 5.41) is 31.9. The number of amidine groups is 1. The second-order valence-electron chi connectivity index (χ2n) is 3.15. The highest BCUT2D eigenvalue weighted by molar-refractivity contribution is 5.80. The fourth-order valence-corrected chi connectivity index (χ4v) is 1.02. The normalized spacial score (nSPS) is 16.6. The van der Waals surface area contributed by atoms with Crippen molar-refractivity contribution in [3.8, 4) is 0 Å². The molecule has 0 aliphatic heterocycles. The van der Waals surface area contributed by atoms with Crippen LogP contribution in [0, 0.1) is 0 Å². The first-order chi connectivity index (χ1) is 6.63. The molecule has 0 spiro atoms. The van der Waals surface area contributed by atoms with Crippen molar-refractivity contribution in [1.82, 2.24) is 5.32 Å². The van der Waals surface area contributed by atoms with Gasteiger partial charge in [-0.1, -0.05) is 12.1 Å². The van der Waals surface area contributed by atoms with Crippen LogP contribution in [0.3, 0.4) is 0 Å². The minimum atomic E-state index is -0.767. The number of nitrogens with two attached hydrogens (primary N) is 1. The van der Waals surface area contributed by atoms with Gasteiger partial charge in [-0.2, -0.15) is 0 Å². The van der Waals surface area contributed by atoms with Crippen molar-refractivity contribution >= 4 is 5.84 Å². The molecule has 0 amide bonds. The summed E-state index contributed by atoms with van der Waals surface area (Å²) in [4.78, 5) is 0. The van der Waals surface area contributed by atoms with E-state index in [9.17, 15) is 0 Å². The maximum atomic E-state index is 9.07. The third kappa shape index (κ3) is 5.74. The molecule has 6 nitrogen and oxygen atoms in total. The number of oxime groups is 1. The molecule has 0 aromatic rings. The molecule has 0 aliphatic carbocycles. The number of nitrogens with one attached hydrogen (secondary N) is 1. The van der Waals surface area contributed by atoms with Gasteiger partial charge >= 0.3 is 0 Å². The summed E-state index contributed by atoms with van der Waals surface area (Å²) in [5.41, 5.74) is 5.34. The molecule has 0 saturated carbocycles. The number of hydrogen-bond donors (Lipinski definition) is 5. The molecular weight excluding hydrogens is 186 g/mol. The Labute approximate surface area is 83.4 Å². The summed E-state index contributed by atoms with van der Waals surface area (Å²) >= 11 is 0.